The molecule has 1 fully saturated rings. The molecule has 142 valence electrons. The summed E-state index contributed by atoms with van der Waals surface area (Å²) in [7, 11) is 0. The summed E-state index contributed by atoms with van der Waals surface area (Å²) >= 11 is 5.74. The molecule has 1 saturated carbocycles. The van der Waals surface area contributed by atoms with E-state index in [0.717, 1.165) is 42.9 Å². The van der Waals surface area contributed by atoms with Gasteiger partial charge in [0.25, 0.3) is 0 Å². The van der Waals surface area contributed by atoms with Crippen LogP contribution in [0.3, 0.4) is 0 Å². The van der Waals surface area contributed by atoms with E-state index in [4.69, 9.17) is 0 Å². The van der Waals surface area contributed by atoms with Crippen molar-refractivity contribution in [2.75, 3.05) is 18.5 Å². The highest BCUT2D eigenvalue weighted by Gasteiger charge is 2.29. The van der Waals surface area contributed by atoms with Gasteiger partial charge in [-0.3, -0.25) is 9.47 Å². The molecule has 6 heteroatoms. The van der Waals surface area contributed by atoms with Crippen molar-refractivity contribution in [2.45, 2.75) is 38.6 Å². The maximum Gasteiger partial charge on any atom is 0.189 e. The van der Waals surface area contributed by atoms with E-state index in [1.807, 2.05) is 46.5 Å². The summed E-state index contributed by atoms with van der Waals surface area (Å²) in [5.74, 6) is 0.799. The molecular formula is C21H24BrN3OS. The summed E-state index contributed by atoms with van der Waals surface area (Å²) in [6, 6.07) is 9.31. The number of hydrogen-bond donors (Lipinski definition) is 2. The van der Waals surface area contributed by atoms with Gasteiger partial charge in [0.15, 0.2) is 5.43 Å². The van der Waals surface area contributed by atoms with Crippen LogP contribution in [0.25, 0.3) is 10.9 Å². The monoisotopic (exact) mass is 445 g/mol. The highest BCUT2D eigenvalue weighted by atomic mass is 79.9. The summed E-state index contributed by atoms with van der Waals surface area (Å²) in [6.45, 7) is 4.95. The Morgan fingerprint density at radius 1 is 1.22 bits per heavy atom. The van der Waals surface area contributed by atoms with Gasteiger partial charge in [-0.1, -0.05) is 12.1 Å². The highest BCUT2D eigenvalue weighted by Crippen LogP contribution is 2.48. The fourth-order valence-electron chi connectivity index (χ4n) is 3.30. The van der Waals surface area contributed by atoms with E-state index in [1.165, 1.54) is 32.6 Å². The van der Waals surface area contributed by atoms with Crippen molar-refractivity contribution in [1.82, 2.24) is 9.99 Å². The van der Waals surface area contributed by atoms with E-state index >= 15 is 0 Å². The number of thiophene rings is 1. The number of nitrogens with one attached hydrogen (secondary N) is 2. The summed E-state index contributed by atoms with van der Waals surface area (Å²) in [6.07, 6.45) is 5.51. The number of nitrogens with zero attached hydrogens (tertiary/aromatic N) is 1. The number of halogens is 1. The summed E-state index contributed by atoms with van der Waals surface area (Å²) in [5.41, 5.74) is 5.77. The topological polar surface area (TPSA) is 46.1 Å². The van der Waals surface area contributed by atoms with Gasteiger partial charge >= 0.3 is 0 Å². The smallest absolute Gasteiger partial charge is 0.189 e. The van der Waals surface area contributed by atoms with Crippen LogP contribution in [0.15, 0.2) is 45.8 Å². The molecule has 0 bridgehead atoms. The number of fused-ring (bicyclic) bond motifs is 1. The van der Waals surface area contributed by atoms with Crippen molar-refractivity contribution >= 4 is 38.2 Å². The van der Waals surface area contributed by atoms with Gasteiger partial charge in [0.1, 0.15) is 0 Å². The molecule has 2 aromatic heterocycles. The standard InChI is InChI=1S/C21H24BrN3OS/c1-14-19(27-21(20(14)22)15-7-8-15)13-23-10-4-11-24-25-12-9-18(26)16-5-2-3-6-17(16)25/h2-3,5-6,9,12,15,23-24H,4,7-8,10-11,13H2,1H3. The molecule has 2 N–H and O–H groups in total. The first-order chi connectivity index (χ1) is 13.1. The van der Waals surface area contributed by atoms with Crippen LogP contribution in [0.5, 0.6) is 0 Å². The Balaban J connectivity index is 1.26. The first kappa shape index (κ1) is 18.7. The van der Waals surface area contributed by atoms with Gasteiger partial charge in [0.05, 0.1) is 5.52 Å². The third-order valence-electron chi connectivity index (χ3n) is 5.05. The molecular weight excluding hydrogens is 422 g/mol. The quantitative estimate of drug-likeness (QED) is 0.492. The molecule has 0 amide bonds. The Morgan fingerprint density at radius 2 is 2.04 bits per heavy atom. The van der Waals surface area contributed by atoms with E-state index in [9.17, 15) is 4.79 Å². The number of aromatic nitrogens is 1. The zero-order chi connectivity index (χ0) is 18.8. The van der Waals surface area contributed by atoms with Crippen molar-refractivity contribution in [3.63, 3.8) is 0 Å². The lowest BCUT2D eigenvalue weighted by atomic mass is 10.2. The molecule has 4 rings (SSSR count). The molecule has 3 aromatic rings. The molecule has 1 aromatic carbocycles. The Bertz CT molecular complexity index is 1010. The average molecular weight is 446 g/mol. The molecule has 4 nitrogen and oxygen atoms in total. The maximum atomic E-state index is 11.9. The van der Waals surface area contributed by atoms with Gasteiger partial charge in [-0.15, -0.1) is 11.3 Å². The largest absolute Gasteiger partial charge is 0.326 e. The number of benzene rings is 1. The molecule has 0 unspecified atom stereocenters. The Labute approximate surface area is 171 Å². The van der Waals surface area contributed by atoms with Crippen LogP contribution < -0.4 is 16.2 Å². The molecule has 2 heterocycles. The Morgan fingerprint density at radius 3 is 2.85 bits per heavy atom. The van der Waals surface area contributed by atoms with Crippen LogP contribution in [0.2, 0.25) is 0 Å². The minimum absolute atomic E-state index is 0.0633. The van der Waals surface area contributed by atoms with Crippen molar-refractivity contribution < 1.29 is 0 Å². The number of pyridine rings is 1. The zero-order valence-corrected chi connectivity index (χ0v) is 17.8. The summed E-state index contributed by atoms with van der Waals surface area (Å²) < 4.78 is 3.28. The molecule has 0 radical (unpaired) electrons. The first-order valence-corrected chi connectivity index (χ1v) is 11.1. The summed E-state index contributed by atoms with van der Waals surface area (Å²) in [5, 5.41) is 4.31. The van der Waals surface area contributed by atoms with E-state index in [0.29, 0.717) is 0 Å². The Kier molecular flexibility index (Phi) is 5.66. The minimum atomic E-state index is 0.0633. The van der Waals surface area contributed by atoms with Crippen LogP contribution in [0, 0.1) is 6.92 Å². The van der Waals surface area contributed by atoms with E-state index in [-0.39, 0.29) is 5.43 Å². The maximum absolute atomic E-state index is 11.9. The van der Waals surface area contributed by atoms with Gasteiger partial charge in [-0.2, -0.15) is 0 Å². The third-order valence-corrected chi connectivity index (χ3v) is 7.79. The number of hydrogen-bond acceptors (Lipinski definition) is 4. The molecule has 0 atom stereocenters. The number of rotatable bonds is 8. The van der Waals surface area contributed by atoms with Gasteiger partial charge in [-0.25, -0.2) is 0 Å². The van der Waals surface area contributed by atoms with Crippen molar-refractivity contribution in [2.24, 2.45) is 0 Å². The van der Waals surface area contributed by atoms with Crippen LogP contribution >= 0.6 is 27.3 Å². The van der Waals surface area contributed by atoms with Crippen LogP contribution in [0.1, 0.15) is 40.5 Å². The van der Waals surface area contributed by atoms with E-state index < -0.39 is 0 Å². The molecule has 1 aliphatic rings. The van der Waals surface area contributed by atoms with Gasteiger partial charge in [-0.05, 0) is 72.3 Å². The SMILES string of the molecule is Cc1c(CNCCCNn2ccc(=O)c3ccccc32)sc(C2CC2)c1Br. The Hall–Kier alpha value is -1.63. The fourth-order valence-corrected chi connectivity index (χ4v) is 5.57. The fraction of sp³-hybridized carbons (Fsp3) is 0.381. The molecule has 0 saturated heterocycles. The second-order valence-corrected chi connectivity index (χ2v) is 9.04. The molecule has 1 aliphatic carbocycles. The second kappa shape index (κ2) is 8.17. The van der Waals surface area contributed by atoms with Crippen molar-refractivity contribution in [3.05, 3.63) is 66.5 Å². The predicted octanol–water partition coefficient (Wildman–Crippen LogP) is 4.73. The van der Waals surface area contributed by atoms with Crippen molar-refractivity contribution in [1.29, 1.82) is 0 Å². The highest BCUT2D eigenvalue weighted by molar-refractivity contribution is 9.10. The van der Waals surface area contributed by atoms with Crippen LogP contribution in [0.4, 0.5) is 0 Å². The number of para-hydroxylation sites is 1. The predicted molar refractivity (Wildman–Crippen MR) is 117 cm³/mol. The zero-order valence-electron chi connectivity index (χ0n) is 15.4. The average Bonchev–Trinajstić information content (AvgIpc) is 3.48. The molecule has 0 spiro atoms. The van der Waals surface area contributed by atoms with E-state index in [2.05, 4.69) is 33.6 Å². The van der Waals surface area contributed by atoms with Gasteiger partial charge in [0.2, 0.25) is 0 Å². The lowest BCUT2D eigenvalue weighted by molar-refractivity contribution is 0.652. The molecule has 0 aliphatic heterocycles. The lowest BCUT2D eigenvalue weighted by Gasteiger charge is -2.13. The normalized spacial score (nSPS) is 14.0. The van der Waals surface area contributed by atoms with Crippen molar-refractivity contribution in [3.8, 4) is 0 Å². The van der Waals surface area contributed by atoms with E-state index in [1.54, 1.807) is 6.07 Å². The van der Waals surface area contributed by atoms with Gasteiger partial charge < -0.3 is 10.7 Å². The van der Waals surface area contributed by atoms with Crippen LogP contribution in [-0.2, 0) is 6.54 Å². The third kappa shape index (κ3) is 4.13. The first-order valence-electron chi connectivity index (χ1n) is 9.48. The summed E-state index contributed by atoms with van der Waals surface area (Å²) in [4.78, 5) is 14.9. The van der Waals surface area contributed by atoms with Crippen LogP contribution in [-0.4, -0.2) is 17.8 Å². The minimum Gasteiger partial charge on any atom is -0.326 e. The van der Waals surface area contributed by atoms with Gasteiger partial charge in [0, 0.05) is 45.0 Å². The lowest BCUT2D eigenvalue weighted by Crippen LogP contribution is -2.23. The molecule has 27 heavy (non-hydrogen) atoms. The second-order valence-electron chi connectivity index (χ2n) is 7.11.